The van der Waals surface area contributed by atoms with Crippen LogP contribution in [-0.4, -0.2) is 23.5 Å². The van der Waals surface area contributed by atoms with Gasteiger partial charge in [0, 0.05) is 17.3 Å². The first-order valence-corrected chi connectivity index (χ1v) is 6.47. The molecule has 96 valence electrons. The molecule has 0 atom stereocenters. The number of nitrogens with two attached hydrogens (primary N) is 1. The molecule has 1 fully saturated rings. The van der Waals surface area contributed by atoms with Crippen molar-refractivity contribution < 1.29 is 4.79 Å². The number of hydrogen-bond donors (Lipinski definition) is 3. The van der Waals surface area contributed by atoms with E-state index in [1.165, 1.54) is 0 Å². The van der Waals surface area contributed by atoms with E-state index in [1.807, 2.05) is 0 Å². The molecule has 0 aromatic heterocycles. The van der Waals surface area contributed by atoms with Crippen molar-refractivity contribution in [2.45, 2.75) is 18.9 Å². The Morgan fingerprint density at radius 1 is 1.50 bits per heavy atom. The van der Waals surface area contributed by atoms with Gasteiger partial charge in [-0.15, -0.1) is 0 Å². The average Bonchev–Trinajstić information content (AvgIpc) is 3.10. The molecule has 4 nitrogen and oxygen atoms in total. The van der Waals surface area contributed by atoms with Crippen molar-refractivity contribution in [1.29, 1.82) is 0 Å². The molecule has 1 aliphatic carbocycles. The number of rotatable bonds is 5. The van der Waals surface area contributed by atoms with Gasteiger partial charge in [0.25, 0.3) is 0 Å². The summed E-state index contributed by atoms with van der Waals surface area (Å²) in [6.07, 6.45) is 2.17. The van der Waals surface area contributed by atoms with E-state index in [-0.39, 0.29) is 17.4 Å². The standard InChI is InChI=1S/C12H14ClN3OS/c13-10-5-8(3-4-9(10)12(14)18)15-6-11(17)16-7-1-2-7/h3-5,7,15H,1-2,6H2,(H2,14,18)(H,16,17). The van der Waals surface area contributed by atoms with Gasteiger partial charge in [0.15, 0.2) is 0 Å². The van der Waals surface area contributed by atoms with E-state index in [0.29, 0.717) is 16.6 Å². The van der Waals surface area contributed by atoms with E-state index < -0.39 is 0 Å². The van der Waals surface area contributed by atoms with Gasteiger partial charge in [0.05, 0.1) is 11.6 Å². The van der Waals surface area contributed by atoms with Crippen LogP contribution in [0.25, 0.3) is 0 Å². The van der Waals surface area contributed by atoms with Crippen LogP contribution < -0.4 is 16.4 Å². The van der Waals surface area contributed by atoms with Crippen LogP contribution in [0.2, 0.25) is 5.02 Å². The van der Waals surface area contributed by atoms with Crippen molar-refractivity contribution in [3.63, 3.8) is 0 Å². The zero-order valence-corrected chi connectivity index (χ0v) is 11.3. The van der Waals surface area contributed by atoms with Gasteiger partial charge < -0.3 is 16.4 Å². The Labute approximate surface area is 116 Å². The monoisotopic (exact) mass is 283 g/mol. The van der Waals surface area contributed by atoms with E-state index in [4.69, 9.17) is 29.6 Å². The maximum atomic E-state index is 11.5. The molecule has 1 aromatic rings. The molecule has 4 N–H and O–H groups in total. The molecular formula is C12H14ClN3OS. The van der Waals surface area contributed by atoms with Gasteiger partial charge in [-0.1, -0.05) is 23.8 Å². The van der Waals surface area contributed by atoms with Crippen LogP contribution >= 0.6 is 23.8 Å². The lowest BCUT2D eigenvalue weighted by molar-refractivity contribution is -0.119. The van der Waals surface area contributed by atoms with Gasteiger partial charge in [-0.2, -0.15) is 0 Å². The van der Waals surface area contributed by atoms with Crippen LogP contribution in [0.5, 0.6) is 0 Å². The van der Waals surface area contributed by atoms with Gasteiger partial charge in [-0.3, -0.25) is 4.79 Å². The third kappa shape index (κ3) is 3.58. The van der Waals surface area contributed by atoms with Crippen LogP contribution in [0.1, 0.15) is 18.4 Å². The van der Waals surface area contributed by atoms with Gasteiger partial charge in [0.2, 0.25) is 5.91 Å². The van der Waals surface area contributed by atoms with E-state index in [2.05, 4.69) is 10.6 Å². The third-order valence-corrected chi connectivity index (χ3v) is 3.16. The molecule has 1 aliphatic rings. The number of carbonyl (C=O) groups is 1. The minimum atomic E-state index is -0.00737. The molecule has 1 saturated carbocycles. The zero-order chi connectivity index (χ0) is 13.1. The second-order valence-electron chi connectivity index (χ2n) is 4.25. The summed E-state index contributed by atoms with van der Waals surface area (Å²) in [5.41, 5.74) is 6.92. The summed E-state index contributed by atoms with van der Waals surface area (Å²) >= 11 is 10.9. The number of benzene rings is 1. The van der Waals surface area contributed by atoms with E-state index in [1.54, 1.807) is 18.2 Å². The van der Waals surface area contributed by atoms with Crippen LogP contribution in [-0.2, 0) is 4.79 Å². The molecule has 0 aliphatic heterocycles. The largest absolute Gasteiger partial charge is 0.389 e. The molecule has 1 amide bonds. The third-order valence-electron chi connectivity index (χ3n) is 2.63. The molecule has 0 bridgehead atoms. The quantitative estimate of drug-likeness (QED) is 0.719. The first kappa shape index (κ1) is 13.1. The second kappa shape index (κ2) is 5.54. The summed E-state index contributed by atoms with van der Waals surface area (Å²) in [5, 5.41) is 6.38. The van der Waals surface area contributed by atoms with E-state index >= 15 is 0 Å². The molecule has 18 heavy (non-hydrogen) atoms. The van der Waals surface area contributed by atoms with Gasteiger partial charge in [-0.25, -0.2) is 0 Å². The fourth-order valence-electron chi connectivity index (χ4n) is 1.51. The summed E-state index contributed by atoms with van der Waals surface area (Å²) in [5.74, 6) is -0.00737. The Morgan fingerprint density at radius 2 is 2.22 bits per heavy atom. The number of hydrogen-bond acceptors (Lipinski definition) is 3. The summed E-state index contributed by atoms with van der Waals surface area (Å²) < 4.78 is 0. The number of thiocarbonyl (C=S) groups is 1. The van der Waals surface area contributed by atoms with Crippen molar-refractivity contribution in [3.05, 3.63) is 28.8 Å². The predicted molar refractivity (Wildman–Crippen MR) is 77.0 cm³/mol. The first-order valence-electron chi connectivity index (χ1n) is 5.69. The smallest absolute Gasteiger partial charge is 0.239 e. The minimum Gasteiger partial charge on any atom is -0.389 e. The Kier molecular flexibility index (Phi) is 4.04. The molecule has 0 radical (unpaired) electrons. The van der Waals surface area contributed by atoms with Crippen LogP contribution in [0, 0.1) is 0 Å². The highest BCUT2D eigenvalue weighted by molar-refractivity contribution is 7.80. The van der Waals surface area contributed by atoms with Crippen molar-refractivity contribution in [3.8, 4) is 0 Å². The number of anilines is 1. The highest BCUT2D eigenvalue weighted by Gasteiger charge is 2.22. The molecular weight excluding hydrogens is 270 g/mol. The Hall–Kier alpha value is -1.33. The highest BCUT2D eigenvalue weighted by Crippen LogP contribution is 2.21. The number of amides is 1. The topological polar surface area (TPSA) is 67.1 Å². The Bertz CT molecular complexity index is 488. The molecule has 0 heterocycles. The van der Waals surface area contributed by atoms with Crippen LogP contribution in [0.4, 0.5) is 5.69 Å². The van der Waals surface area contributed by atoms with Crippen LogP contribution in [0.15, 0.2) is 18.2 Å². The molecule has 0 saturated heterocycles. The lowest BCUT2D eigenvalue weighted by Gasteiger charge is -2.09. The fourth-order valence-corrected chi connectivity index (χ4v) is 2.03. The van der Waals surface area contributed by atoms with E-state index in [0.717, 1.165) is 18.5 Å². The summed E-state index contributed by atoms with van der Waals surface area (Å²) in [4.78, 5) is 11.7. The van der Waals surface area contributed by atoms with Gasteiger partial charge in [0.1, 0.15) is 4.99 Å². The Balaban J connectivity index is 1.90. The van der Waals surface area contributed by atoms with Crippen molar-refractivity contribution in [1.82, 2.24) is 5.32 Å². The maximum Gasteiger partial charge on any atom is 0.239 e. The SMILES string of the molecule is NC(=S)c1ccc(NCC(=O)NC2CC2)cc1Cl. The Morgan fingerprint density at radius 3 is 2.78 bits per heavy atom. The summed E-state index contributed by atoms with van der Waals surface area (Å²) in [6.45, 7) is 0.235. The van der Waals surface area contributed by atoms with E-state index in [9.17, 15) is 4.79 Å². The lowest BCUT2D eigenvalue weighted by atomic mass is 10.2. The van der Waals surface area contributed by atoms with Crippen molar-refractivity contribution in [2.75, 3.05) is 11.9 Å². The normalized spacial score (nSPS) is 14.1. The number of halogens is 1. The zero-order valence-electron chi connectivity index (χ0n) is 9.70. The molecule has 6 heteroatoms. The van der Waals surface area contributed by atoms with Gasteiger partial charge in [-0.05, 0) is 31.0 Å². The lowest BCUT2D eigenvalue weighted by Crippen LogP contribution is -2.31. The molecule has 0 unspecified atom stereocenters. The second-order valence-corrected chi connectivity index (χ2v) is 5.10. The van der Waals surface area contributed by atoms with Crippen molar-refractivity contribution >= 4 is 40.4 Å². The highest BCUT2D eigenvalue weighted by atomic mass is 35.5. The van der Waals surface area contributed by atoms with Crippen molar-refractivity contribution in [2.24, 2.45) is 5.73 Å². The molecule has 1 aromatic carbocycles. The predicted octanol–water partition coefficient (Wildman–Crippen LogP) is 1.66. The first-order chi connectivity index (χ1) is 8.56. The fraction of sp³-hybridized carbons (Fsp3) is 0.333. The summed E-state index contributed by atoms with van der Waals surface area (Å²) in [7, 11) is 0. The van der Waals surface area contributed by atoms with Crippen LogP contribution in [0.3, 0.4) is 0 Å². The number of carbonyl (C=O) groups excluding carboxylic acids is 1. The molecule has 2 rings (SSSR count). The molecule has 0 spiro atoms. The van der Waals surface area contributed by atoms with Gasteiger partial charge >= 0.3 is 0 Å². The average molecular weight is 284 g/mol. The maximum absolute atomic E-state index is 11.5. The summed E-state index contributed by atoms with van der Waals surface area (Å²) in [6, 6.07) is 5.62. The minimum absolute atomic E-state index is 0.00737. The number of nitrogens with one attached hydrogen (secondary N) is 2.